The molecular weight excluding hydrogens is 483 g/mol. The van der Waals surface area contributed by atoms with Gasteiger partial charge in [-0.25, -0.2) is 4.98 Å². The highest BCUT2D eigenvalue weighted by molar-refractivity contribution is 6.05. The Labute approximate surface area is 202 Å². The minimum Gasteiger partial charge on any atom is -0.391 e. The summed E-state index contributed by atoms with van der Waals surface area (Å²) in [5.41, 5.74) is 0.500. The fourth-order valence-electron chi connectivity index (χ4n) is 3.78. The number of anilines is 2. The van der Waals surface area contributed by atoms with E-state index in [1.165, 1.54) is 12.4 Å². The van der Waals surface area contributed by atoms with Crippen LogP contribution in [0.1, 0.15) is 27.9 Å². The zero-order valence-electron chi connectivity index (χ0n) is 18.6. The van der Waals surface area contributed by atoms with Gasteiger partial charge in [0.05, 0.1) is 11.7 Å². The molecule has 1 atom stereocenters. The average Bonchev–Trinajstić information content (AvgIpc) is 3.29. The number of hydrogen-bond donors (Lipinski definition) is 2. The number of carbonyl (C=O) groups excluding carboxylic acids is 1. The second kappa shape index (κ2) is 9.54. The predicted octanol–water partition coefficient (Wildman–Crippen LogP) is 4.60. The van der Waals surface area contributed by atoms with E-state index in [9.17, 15) is 31.9 Å². The van der Waals surface area contributed by atoms with Crippen molar-refractivity contribution < 1.29 is 31.9 Å². The van der Waals surface area contributed by atoms with E-state index in [2.05, 4.69) is 21.2 Å². The highest BCUT2D eigenvalue weighted by Gasteiger charge is 2.58. The molecule has 2 N–H and O–H groups in total. The number of nitrogens with zero attached hydrogens (tertiary/aromatic N) is 3. The molecule has 1 aromatic carbocycles. The molecule has 1 aliphatic heterocycles. The number of hydrogen-bond acceptors (Lipinski definition) is 5. The SMILES string of the molecule is C#Cc1cncc(-c2cc(C(=O)Nc3ccc(C(F)(F)C(F)(F)F)cc3)cnc2N2CC[C@@H](O)C2)c1. The average molecular weight is 502 g/mol. The number of β-amino-alcohol motifs (C(OH)–C–C–N with tert-alkyl or cyclic N) is 1. The van der Waals surface area contributed by atoms with Crippen molar-refractivity contribution in [2.24, 2.45) is 0 Å². The maximum absolute atomic E-state index is 13.5. The number of aliphatic hydroxyl groups is 1. The van der Waals surface area contributed by atoms with Gasteiger partial charge < -0.3 is 15.3 Å². The lowest BCUT2D eigenvalue weighted by molar-refractivity contribution is -0.289. The van der Waals surface area contributed by atoms with Crippen molar-refractivity contribution in [3.05, 3.63) is 71.7 Å². The highest BCUT2D eigenvalue weighted by atomic mass is 19.4. The molecule has 1 saturated heterocycles. The van der Waals surface area contributed by atoms with Crippen LogP contribution < -0.4 is 10.2 Å². The van der Waals surface area contributed by atoms with Crippen LogP contribution in [0.5, 0.6) is 0 Å². The van der Waals surface area contributed by atoms with Crippen LogP contribution in [0.3, 0.4) is 0 Å². The molecule has 0 unspecified atom stereocenters. The number of aliphatic hydroxyl groups excluding tert-OH is 1. The van der Waals surface area contributed by atoms with Crippen LogP contribution in [-0.2, 0) is 5.92 Å². The molecule has 3 aromatic rings. The van der Waals surface area contributed by atoms with Gasteiger partial charge in [-0.15, -0.1) is 6.42 Å². The summed E-state index contributed by atoms with van der Waals surface area (Å²) in [6.07, 6.45) is 4.13. The molecule has 0 spiro atoms. The normalized spacial score (nSPS) is 16.0. The van der Waals surface area contributed by atoms with Crippen molar-refractivity contribution in [3.8, 4) is 23.5 Å². The van der Waals surface area contributed by atoms with Gasteiger partial charge in [-0.05, 0) is 30.7 Å². The summed E-state index contributed by atoms with van der Waals surface area (Å²) >= 11 is 0. The smallest absolute Gasteiger partial charge is 0.391 e. The lowest BCUT2D eigenvalue weighted by atomic mass is 10.0. The third-order valence-corrected chi connectivity index (χ3v) is 5.67. The van der Waals surface area contributed by atoms with Crippen LogP contribution in [0.4, 0.5) is 33.5 Å². The predicted molar refractivity (Wildman–Crippen MR) is 123 cm³/mol. The Bertz CT molecular complexity index is 1320. The number of terminal acetylenes is 1. The number of nitrogens with one attached hydrogen (secondary N) is 1. The fourth-order valence-corrected chi connectivity index (χ4v) is 3.78. The molecule has 1 amide bonds. The number of alkyl halides is 5. The largest absolute Gasteiger partial charge is 0.458 e. The molecule has 0 aliphatic carbocycles. The number of carbonyl (C=O) groups is 1. The number of benzene rings is 1. The quantitative estimate of drug-likeness (QED) is 0.394. The second-order valence-corrected chi connectivity index (χ2v) is 8.19. The van der Waals surface area contributed by atoms with Gasteiger partial charge in [-0.2, -0.15) is 22.0 Å². The standard InChI is InChI=1S/C25H19F5N4O2/c1-2-15-9-16(12-31-11-15)21-10-17(13-32-22(21)34-8-7-20(35)14-34)23(36)33-19-5-3-18(4-6-19)24(26,27)25(28,29)30/h1,3-6,9-13,20,35H,7-8,14H2,(H,33,36)/t20-/m1/s1. The van der Waals surface area contributed by atoms with Crippen LogP contribution in [-0.4, -0.2) is 46.4 Å². The molecule has 186 valence electrons. The van der Waals surface area contributed by atoms with Crippen LogP contribution in [0, 0.1) is 12.3 Å². The highest BCUT2D eigenvalue weighted by Crippen LogP contribution is 2.44. The Balaban J connectivity index is 1.63. The Morgan fingerprint density at radius 3 is 2.44 bits per heavy atom. The molecule has 1 aliphatic rings. The fraction of sp³-hybridized carbons (Fsp3) is 0.240. The van der Waals surface area contributed by atoms with Gasteiger partial charge in [0.25, 0.3) is 5.91 Å². The summed E-state index contributed by atoms with van der Waals surface area (Å²) in [7, 11) is 0. The number of pyridine rings is 2. The van der Waals surface area contributed by atoms with E-state index in [-0.39, 0.29) is 11.3 Å². The van der Waals surface area contributed by atoms with Crippen molar-refractivity contribution >= 4 is 17.4 Å². The van der Waals surface area contributed by atoms with Crippen molar-refractivity contribution in [1.82, 2.24) is 9.97 Å². The molecule has 4 rings (SSSR count). The summed E-state index contributed by atoms with van der Waals surface area (Å²) in [6.45, 7) is 0.895. The third kappa shape index (κ3) is 4.99. The molecule has 3 heterocycles. The summed E-state index contributed by atoms with van der Waals surface area (Å²) < 4.78 is 64.8. The number of aromatic nitrogens is 2. The molecule has 1 fully saturated rings. The molecule has 0 saturated carbocycles. The first-order chi connectivity index (χ1) is 17.0. The van der Waals surface area contributed by atoms with Crippen LogP contribution in [0.15, 0.2) is 55.0 Å². The molecule has 0 radical (unpaired) electrons. The molecule has 0 bridgehead atoms. The Morgan fingerprint density at radius 1 is 1.11 bits per heavy atom. The van der Waals surface area contributed by atoms with Crippen molar-refractivity contribution in [2.45, 2.75) is 24.6 Å². The summed E-state index contributed by atoms with van der Waals surface area (Å²) in [6, 6.07) is 6.37. The van der Waals surface area contributed by atoms with Crippen molar-refractivity contribution in [2.75, 3.05) is 23.3 Å². The number of rotatable bonds is 5. The van der Waals surface area contributed by atoms with E-state index >= 15 is 0 Å². The second-order valence-electron chi connectivity index (χ2n) is 8.19. The van der Waals surface area contributed by atoms with Gasteiger partial charge >= 0.3 is 12.1 Å². The lowest BCUT2D eigenvalue weighted by Crippen LogP contribution is -2.33. The van der Waals surface area contributed by atoms with E-state index in [1.54, 1.807) is 18.3 Å². The van der Waals surface area contributed by atoms with Gasteiger partial charge in [-0.3, -0.25) is 9.78 Å². The van der Waals surface area contributed by atoms with Crippen LogP contribution >= 0.6 is 0 Å². The van der Waals surface area contributed by atoms with Crippen LogP contribution in [0.2, 0.25) is 0 Å². The lowest BCUT2D eigenvalue weighted by Gasteiger charge is -2.21. The first kappa shape index (κ1) is 25.1. The van der Waals surface area contributed by atoms with Crippen molar-refractivity contribution in [1.29, 1.82) is 0 Å². The number of halogens is 5. The Hall–Kier alpha value is -4.04. The topological polar surface area (TPSA) is 78.4 Å². The first-order valence-corrected chi connectivity index (χ1v) is 10.7. The van der Waals surface area contributed by atoms with Gasteiger partial charge in [0.15, 0.2) is 0 Å². The molecular formula is C25H19F5N4O2. The van der Waals surface area contributed by atoms with Gasteiger partial charge in [0.2, 0.25) is 0 Å². The van der Waals surface area contributed by atoms with Gasteiger partial charge in [0, 0.05) is 59.6 Å². The van der Waals surface area contributed by atoms with Gasteiger partial charge in [-0.1, -0.05) is 18.1 Å². The first-order valence-electron chi connectivity index (χ1n) is 10.7. The van der Waals surface area contributed by atoms with Crippen molar-refractivity contribution in [3.63, 3.8) is 0 Å². The zero-order valence-corrected chi connectivity index (χ0v) is 18.6. The maximum atomic E-state index is 13.5. The summed E-state index contributed by atoms with van der Waals surface area (Å²) in [4.78, 5) is 23.3. The molecule has 2 aromatic heterocycles. The van der Waals surface area contributed by atoms with E-state index in [4.69, 9.17) is 6.42 Å². The minimum absolute atomic E-state index is 0.0195. The minimum atomic E-state index is -5.74. The maximum Gasteiger partial charge on any atom is 0.458 e. The molecule has 6 nitrogen and oxygen atoms in total. The number of amides is 1. The van der Waals surface area contributed by atoms with E-state index in [0.29, 0.717) is 54.2 Å². The monoisotopic (exact) mass is 502 g/mol. The zero-order chi connectivity index (χ0) is 26.1. The van der Waals surface area contributed by atoms with Gasteiger partial charge in [0.1, 0.15) is 5.82 Å². The van der Waals surface area contributed by atoms with E-state index in [0.717, 1.165) is 12.1 Å². The Morgan fingerprint density at radius 2 is 1.83 bits per heavy atom. The Kier molecular flexibility index (Phi) is 6.65. The van der Waals surface area contributed by atoms with Crippen LogP contribution in [0.25, 0.3) is 11.1 Å². The third-order valence-electron chi connectivity index (χ3n) is 5.67. The van der Waals surface area contributed by atoms with E-state index in [1.807, 2.05) is 4.90 Å². The molecule has 36 heavy (non-hydrogen) atoms. The van der Waals surface area contributed by atoms with E-state index < -0.39 is 29.7 Å². The molecule has 11 heteroatoms. The summed E-state index contributed by atoms with van der Waals surface area (Å²) in [5, 5.41) is 12.4. The summed E-state index contributed by atoms with van der Waals surface area (Å²) in [5.74, 6) is -2.68.